The predicted molar refractivity (Wildman–Crippen MR) is 27.8 cm³/mol. The van der Waals surface area contributed by atoms with Crippen molar-refractivity contribution in [2.45, 2.75) is 25.8 Å². The van der Waals surface area contributed by atoms with E-state index in [1.165, 1.54) is 12.8 Å². The molecule has 0 amide bonds. The molecular weight excluding hydrogens is 90.1 g/mol. The molecule has 1 fully saturated rings. The third kappa shape index (κ3) is 1.90. The maximum absolute atomic E-state index is 4.91. The molecule has 0 bridgehead atoms. The number of hydroxylamine groups is 1. The van der Waals surface area contributed by atoms with E-state index >= 15 is 0 Å². The van der Waals surface area contributed by atoms with Crippen molar-refractivity contribution in [3.05, 3.63) is 0 Å². The summed E-state index contributed by atoms with van der Waals surface area (Å²) in [4.78, 5) is 4.91. The molecule has 2 heteroatoms. The second kappa shape index (κ2) is 2.28. The maximum atomic E-state index is 4.91. The first-order valence-corrected chi connectivity index (χ1v) is 2.81. The van der Waals surface area contributed by atoms with Crippen LogP contribution in [0.1, 0.15) is 19.8 Å². The lowest BCUT2D eigenvalue weighted by molar-refractivity contribution is 0.0460. The van der Waals surface area contributed by atoms with Crippen LogP contribution in [-0.2, 0) is 4.84 Å². The van der Waals surface area contributed by atoms with E-state index in [0.29, 0.717) is 6.04 Å². The molecular formula is C5H11NO. The van der Waals surface area contributed by atoms with Crippen LogP contribution in [0.3, 0.4) is 0 Å². The van der Waals surface area contributed by atoms with Gasteiger partial charge in [-0.25, -0.2) is 0 Å². The summed E-state index contributed by atoms with van der Waals surface area (Å²) in [7, 11) is 0. The largest absolute Gasteiger partial charge is 0.302 e. The molecule has 1 rings (SSSR count). The minimum atomic E-state index is 0.681. The molecule has 0 unspecified atom stereocenters. The summed E-state index contributed by atoms with van der Waals surface area (Å²) in [6.07, 6.45) is 2.58. The van der Waals surface area contributed by atoms with Crippen LogP contribution in [0.2, 0.25) is 0 Å². The van der Waals surface area contributed by atoms with Crippen molar-refractivity contribution in [2.75, 3.05) is 6.61 Å². The third-order valence-corrected chi connectivity index (χ3v) is 0.972. The number of rotatable bonds is 3. The highest BCUT2D eigenvalue weighted by Gasteiger charge is 2.20. The fraction of sp³-hybridized carbons (Fsp3) is 1.00. The van der Waals surface area contributed by atoms with Crippen LogP contribution in [0.5, 0.6) is 0 Å². The van der Waals surface area contributed by atoms with Crippen LogP contribution >= 0.6 is 0 Å². The van der Waals surface area contributed by atoms with Gasteiger partial charge in [-0.05, 0) is 19.8 Å². The zero-order chi connectivity index (χ0) is 5.11. The first-order chi connectivity index (χ1) is 3.43. The van der Waals surface area contributed by atoms with Gasteiger partial charge in [-0.15, -0.1) is 0 Å². The Morgan fingerprint density at radius 3 is 2.86 bits per heavy atom. The van der Waals surface area contributed by atoms with Gasteiger partial charge < -0.3 is 4.84 Å². The van der Waals surface area contributed by atoms with Gasteiger partial charge in [0.2, 0.25) is 0 Å². The molecule has 0 radical (unpaired) electrons. The Balaban J connectivity index is 1.80. The summed E-state index contributed by atoms with van der Waals surface area (Å²) in [5.41, 5.74) is 2.91. The average molecular weight is 101 g/mol. The number of nitrogens with one attached hydrogen (secondary N) is 1. The van der Waals surface area contributed by atoms with E-state index < -0.39 is 0 Å². The molecule has 1 aliphatic rings. The molecule has 0 aromatic carbocycles. The Hall–Kier alpha value is -0.0800. The first-order valence-electron chi connectivity index (χ1n) is 2.81. The van der Waals surface area contributed by atoms with Crippen LogP contribution < -0.4 is 5.48 Å². The SMILES string of the molecule is CCONC1CC1. The standard InChI is InChI=1S/C5H11NO/c1-2-7-6-5-3-4-5/h5-6H,2-4H2,1H3. The zero-order valence-corrected chi connectivity index (χ0v) is 4.61. The van der Waals surface area contributed by atoms with Crippen LogP contribution in [0, 0.1) is 0 Å². The Morgan fingerprint density at radius 2 is 2.43 bits per heavy atom. The summed E-state index contributed by atoms with van der Waals surface area (Å²) >= 11 is 0. The molecule has 0 aliphatic heterocycles. The van der Waals surface area contributed by atoms with Gasteiger partial charge in [0.15, 0.2) is 0 Å². The molecule has 0 atom stereocenters. The second-order valence-corrected chi connectivity index (χ2v) is 1.83. The molecule has 0 aromatic heterocycles. The lowest BCUT2D eigenvalue weighted by atomic mass is 10.8. The first kappa shape index (κ1) is 5.06. The fourth-order valence-electron chi connectivity index (χ4n) is 0.402. The summed E-state index contributed by atoms with van der Waals surface area (Å²) in [5, 5.41) is 0. The number of hydrogen-bond donors (Lipinski definition) is 1. The van der Waals surface area contributed by atoms with E-state index in [2.05, 4.69) is 5.48 Å². The van der Waals surface area contributed by atoms with E-state index in [4.69, 9.17) is 4.84 Å². The van der Waals surface area contributed by atoms with Gasteiger partial charge in [0.1, 0.15) is 0 Å². The molecule has 1 N–H and O–H groups in total. The average Bonchev–Trinajstić information content (AvgIpc) is 2.42. The second-order valence-electron chi connectivity index (χ2n) is 1.83. The molecule has 0 saturated heterocycles. The lowest BCUT2D eigenvalue weighted by Gasteiger charge is -1.96. The van der Waals surface area contributed by atoms with Crippen molar-refractivity contribution in [1.82, 2.24) is 5.48 Å². The Bertz CT molecular complexity index is 52.0. The Morgan fingerprint density at radius 1 is 1.71 bits per heavy atom. The minimum absolute atomic E-state index is 0.681. The van der Waals surface area contributed by atoms with E-state index in [1.54, 1.807) is 0 Å². The van der Waals surface area contributed by atoms with Gasteiger partial charge in [0.25, 0.3) is 0 Å². The van der Waals surface area contributed by atoms with E-state index in [-0.39, 0.29) is 0 Å². The third-order valence-electron chi connectivity index (χ3n) is 0.972. The minimum Gasteiger partial charge on any atom is -0.302 e. The van der Waals surface area contributed by atoms with Crippen molar-refractivity contribution in [1.29, 1.82) is 0 Å². The summed E-state index contributed by atoms with van der Waals surface area (Å²) in [6, 6.07) is 0.681. The highest BCUT2D eigenvalue weighted by Crippen LogP contribution is 2.17. The van der Waals surface area contributed by atoms with Gasteiger partial charge in [-0.2, -0.15) is 5.48 Å². The van der Waals surface area contributed by atoms with E-state index in [9.17, 15) is 0 Å². The summed E-state index contributed by atoms with van der Waals surface area (Å²) < 4.78 is 0. The monoisotopic (exact) mass is 101 g/mol. The molecule has 42 valence electrons. The quantitative estimate of drug-likeness (QED) is 0.528. The zero-order valence-electron chi connectivity index (χ0n) is 4.61. The van der Waals surface area contributed by atoms with Crippen LogP contribution in [0.4, 0.5) is 0 Å². The topological polar surface area (TPSA) is 21.3 Å². The van der Waals surface area contributed by atoms with Gasteiger partial charge in [-0.1, -0.05) is 0 Å². The molecule has 0 aromatic rings. The van der Waals surface area contributed by atoms with Crippen molar-refractivity contribution in [2.24, 2.45) is 0 Å². The molecule has 1 saturated carbocycles. The van der Waals surface area contributed by atoms with Gasteiger partial charge in [0.05, 0.1) is 6.61 Å². The fourth-order valence-corrected chi connectivity index (χ4v) is 0.402. The molecule has 0 spiro atoms. The highest BCUT2D eigenvalue weighted by atomic mass is 16.6. The Kier molecular flexibility index (Phi) is 1.65. The Labute approximate surface area is 43.8 Å². The summed E-state index contributed by atoms with van der Waals surface area (Å²) in [5.74, 6) is 0. The van der Waals surface area contributed by atoms with Crippen molar-refractivity contribution >= 4 is 0 Å². The molecule has 1 aliphatic carbocycles. The highest BCUT2D eigenvalue weighted by molar-refractivity contribution is 4.76. The maximum Gasteiger partial charge on any atom is 0.0654 e. The predicted octanol–water partition coefficient (Wildman–Crippen LogP) is 0.690. The normalized spacial score (nSPS) is 20.1. The smallest absolute Gasteiger partial charge is 0.0654 e. The van der Waals surface area contributed by atoms with E-state index in [1.807, 2.05) is 6.92 Å². The molecule has 2 nitrogen and oxygen atoms in total. The van der Waals surface area contributed by atoms with Gasteiger partial charge in [-0.3, -0.25) is 0 Å². The van der Waals surface area contributed by atoms with Crippen LogP contribution in [-0.4, -0.2) is 12.6 Å². The summed E-state index contributed by atoms with van der Waals surface area (Å²) in [6.45, 7) is 2.76. The van der Waals surface area contributed by atoms with Crippen molar-refractivity contribution in [3.8, 4) is 0 Å². The van der Waals surface area contributed by atoms with Crippen molar-refractivity contribution in [3.63, 3.8) is 0 Å². The molecule has 0 heterocycles. The lowest BCUT2D eigenvalue weighted by Crippen LogP contribution is -2.15. The van der Waals surface area contributed by atoms with Crippen LogP contribution in [0.25, 0.3) is 0 Å². The van der Waals surface area contributed by atoms with Crippen molar-refractivity contribution < 1.29 is 4.84 Å². The van der Waals surface area contributed by atoms with Gasteiger partial charge >= 0.3 is 0 Å². The van der Waals surface area contributed by atoms with Crippen LogP contribution in [0.15, 0.2) is 0 Å². The number of hydrogen-bond acceptors (Lipinski definition) is 2. The van der Waals surface area contributed by atoms with E-state index in [0.717, 1.165) is 6.61 Å². The molecule has 7 heavy (non-hydrogen) atoms. The van der Waals surface area contributed by atoms with Gasteiger partial charge in [0, 0.05) is 6.04 Å².